The number of rotatable bonds is 4. The first-order chi connectivity index (χ1) is 12.6. The highest BCUT2D eigenvalue weighted by Gasteiger charge is 2.11. The molecule has 7 nitrogen and oxygen atoms in total. The molecule has 0 saturated carbocycles. The number of benzene rings is 1. The molecule has 0 fully saturated rings. The summed E-state index contributed by atoms with van der Waals surface area (Å²) in [4.78, 5) is 25.1. The largest absolute Gasteiger partial charge is 0.350 e. The molecule has 0 saturated heterocycles. The number of para-hydroxylation sites is 1. The van der Waals surface area contributed by atoms with E-state index in [4.69, 9.17) is 0 Å². The van der Waals surface area contributed by atoms with E-state index in [0.717, 1.165) is 22.3 Å². The van der Waals surface area contributed by atoms with Crippen LogP contribution in [0.3, 0.4) is 0 Å². The summed E-state index contributed by atoms with van der Waals surface area (Å²) in [5.74, 6) is 1.22. The fourth-order valence-electron chi connectivity index (χ4n) is 3.04. The van der Waals surface area contributed by atoms with Gasteiger partial charge in [-0.3, -0.25) is 9.36 Å². The number of aryl methyl sites for hydroxylation is 2. The number of anilines is 1. The van der Waals surface area contributed by atoms with Crippen molar-refractivity contribution in [1.29, 1.82) is 0 Å². The molecule has 4 rings (SSSR count). The summed E-state index contributed by atoms with van der Waals surface area (Å²) in [6.45, 7) is 1.88. The summed E-state index contributed by atoms with van der Waals surface area (Å²) in [5, 5.41) is 3.94. The smallest absolute Gasteiger partial charge is 0.235 e. The Balaban J connectivity index is 1.49. The molecule has 0 aliphatic heterocycles. The normalized spacial score (nSPS) is 11.0. The first-order valence-electron chi connectivity index (χ1n) is 8.27. The standard InChI is InChI=1S/C19H18N6O/c1-13-20-7-8-25(13)19-21-10-15(11-22-19)23-18(26)9-14-12-24(2)17-6-4-3-5-16(14)17/h3-8,10-12H,9H2,1-2H3,(H,23,26). The molecule has 0 aliphatic rings. The van der Waals surface area contributed by atoms with Gasteiger partial charge >= 0.3 is 0 Å². The van der Waals surface area contributed by atoms with Crippen LogP contribution in [0.1, 0.15) is 11.4 Å². The Morgan fingerprint density at radius 1 is 1.15 bits per heavy atom. The van der Waals surface area contributed by atoms with Gasteiger partial charge in [0.1, 0.15) is 5.82 Å². The summed E-state index contributed by atoms with van der Waals surface area (Å²) in [7, 11) is 1.98. The number of imidazole rings is 1. The van der Waals surface area contributed by atoms with E-state index in [0.29, 0.717) is 18.1 Å². The van der Waals surface area contributed by atoms with Gasteiger partial charge in [-0.25, -0.2) is 15.0 Å². The Kier molecular flexibility index (Phi) is 3.96. The Morgan fingerprint density at radius 3 is 2.65 bits per heavy atom. The van der Waals surface area contributed by atoms with Gasteiger partial charge in [-0.05, 0) is 18.6 Å². The Labute approximate surface area is 150 Å². The summed E-state index contributed by atoms with van der Waals surface area (Å²) < 4.78 is 3.81. The zero-order chi connectivity index (χ0) is 18.1. The van der Waals surface area contributed by atoms with Gasteiger partial charge in [0.05, 0.1) is 24.5 Å². The Hall–Kier alpha value is -3.48. The highest BCUT2D eigenvalue weighted by Crippen LogP contribution is 2.21. The van der Waals surface area contributed by atoms with Gasteiger partial charge in [0.15, 0.2) is 0 Å². The second-order valence-electron chi connectivity index (χ2n) is 6.12. The third kappa shape index (κ3) is 2.95. The minimum atomic E-state index is -0.100. The first-order valence-corrected chi connectivity index (χ1v) is 8.27. The molecule has 0 radical (unpaired) electrons. The van der Waals surface area contributed by atoms with Crippen molar-refractivity contribution < 1.29 is 4.79 Å². The van der Waals surface area contributed by atoms with Crippen molar-refractivity contribution in [2.75, 3.05) is 5.32 Å². The molecule has 3 heterocycles. The van der Waals surface area contributed by atoms with E-state index < -0.39 is 0 Å². The van der Waals surface area contributed by atoms with Gasteiger partial charge in [0.25, 0.3) is 0 Å². The van der Waals surface area contributed by atoms with Crippen LogP contribution in [-0.2, 0) is 18.3 Å². The maximum atomic E-state index is 12.4. The summed E-state index contributed by atoms with van der Waals surface area (Å²) in [5.41, 5.74) is 2.67. The predicted octanol–water partition coefficient (Wildman–Crippen LogP) is 2.64. The van der Waals surface area contributed by atoms with Gasteiger partial charge < -0.3 is 9.88 Å². The lowest BCUT2D eigenvalue weighted by molar-refractivity contribution is -0.115. The number of amides is 1. The SMILES string of the molecule is Cc1nccn1-c1ncc(NC(=O)Cc2cn(C)c3ccccc23)cn1. The second kappa shape index (κ2) is 6.44. The van der Waals surface area contributed by atoms with Crippen LogP contribution in [-0.4, -0.2) is 30.0 Å². The molecule has 0 aliphatic carbocycles. The van der Waals surface area contributed by atoms with Crippen molar-refractivity contribution in [3.05, 3.63) is 66.6 Å². The van der Waals surface area contributed by atoms with Crippen LogP contribution >= 0.6 is 0 Å². The molecule has 1 aromatic carbocycles. The van der Waals surface area contributed by atoms with Crippen LogP contribution in [0.4, 0.5) is 5.69 Å². The summed E-state index contributed by atoms with van der Waals surface area (Å²) >= 11 is 0. The molecule has 4 aromatic rings. The molecule has 3 aromatic heterocycles. The van der Waals surface area contributed by atoms with Gasteiger partial charge in [-0.2, -0.15) is 0 Å². The van der Waals surface area contributed by atoms with Crippen LogP contribution < -0.4 is 5.32 Å². The van der Waals surface area contributed by atoms with Gasteiger partial charge in [-0.15, -0.1) is 0 Å². The maximum absolute atomic E-state index is 12.4. The lowest BCUT2D eigenvalue weighted by Gasteiger charge is -2.06. The first kappa shape index (κ1) is 16.0. The molecule has 0 bridgehead atoms. The van der Waals surface area contributed by atoms with E-state index in [1.165, 1.54) is 0 Å². The Bertz CT molecular complexity index is 1080. The third-order valence-corrected chi connectivity index (χ3v) is 4.29. The van der Waals surface area contributed by atoms with Gasteiger partial charge in [-0.1, -0.05) is 18.2 Å². The number of aromatic nitrogens is 5. The van der Waals surface area contributed by atoms with Crippen molar-refractivity contribution in [3.63, 3.8) is 0 Å². The molecule has 0 unspecified atom stereocenters. The molecular weight excluding hydrogens is 328 g/mol. The van der Waals surface area contributed by atoms with Crippen molar-refractivity contribution in [2.45, 2.75) is 13.3 Å². The van der Waals surface area contributed by atoms with Crippen LogP contribution in [0, 0.1) is 6.92 Å². The van der Waals surface area contributed by atoms with Crippen molar-refractivity contribution >= 4 is 22.5 Å². The molecule has 7 heteroatoms. The number of nitrogens with zero attached hydrogens (tertiary/aromatic N) is 5. The average Bonchev–Trinajstić information content (AvgIpc) is 3.20. The fourth-order valence-corrected chi connectivity index (χ4v) is 3.04. The number of carbonyl (C=O) groups excluding carboxylic acids is 1. The highest BCUT2D eigenvalue weighted by atomic mass is 16.1. The maximum Gasteiger partial charge on any atom is 0.235 e. The zero-order valence-corrected chi connectivity index (χ0v) is 14.5. The third-order valence-electron chi connectivity index (χ3n) is 4.29. The second-order valence-corrected chi connectivity index (χ2v) is 6.12. The highest BCUT2D eigenvalue weighted by molar-refractivity contribution is 5.95. The number of carbonyl (C=O) groups is 1. The van der Waals surface area contributed by atoms with Crippen LogP contribution in [0.5, 0.6) is 0 Å². The number of hydrogen-bond acceptors (Lipinski definition) is 4. The zero-order valence-electron chi connectivity index (χ0n) is 14.5. The number of hydrogen-bond donors (Lipinski definition) is 1. The minimum absolute atomic E-state index is 0.100. The Morgan fingerprint density at radius 2 is 1.92 bits per heavy atom. The molecule has 26 heavy (non-hydrogen) atoms. The molecule has 0 spiro atoms. The molecule has 0 atom stereocenters. The fraction of sp³-hybridized carbons (Fsp3) is 0.158. The van der Waals surface area contributed by atoms with E-state index in [1.807, 2.05) is 49.0 Å². The topological polar surface area (TPSA) is 77.6 Å². The quantitative estimate of drug-likeness (QED) is 0.616. The molecule has 130 valence electrons. The van der Waals surface area contributed by atoms with Crippen LogP contribution in [0.25, 0.3) is 16.9 Å². The molecule has 1 amide bonds. The van der Waals surface area contributed by atoms with Crippen molar-refractivity contribution in [2.24, 2.45) is 7.05 Å². The van der Waals surface area contributed by atoms with Crippen molar-refractivity contribution in [3.8, 4) is 5.95 Å². The molecule has 1 N–H and O–H groups in total. The van der Waals surface area contributed by atoms with E-state index in [1.54, 1.807) is 29.4 Å². The summed E-state index contributed by atoms with van der Waals surface area (Å²) in [6, 6.07) is 8.05. The molecular formula is C19H18N6O. The van der Waals surface area contributed by atoms with E-state index in [-0.39, 0.29) is 5.91 Å². The van der Waals surface area contributed by atoms with Crippen LogP contribution in [0.15, 0.2) is 55.2 Å². The number of nitrogens with one attached hydrogen (secondary N) is 1. The van der Waals surface area contributed by atoms with Gasteiger partial charge in [0, 0.05) is 36.5 Å². The lowest BCUT2D eigenvalue weighted by Crippen LogP contribution is -2.15. The lowest BCUT2D eigenvalue weighted by atomic mass is 10.1. The summed E-state index contributed by atoms with van der Waals surface area (Å²) in [6.07, 6.45) is 8.98. The number of fused-ring (bicyclic) bond motifs is 1. The van der Waals surface area contributed by atoms with Crippen molar-refractivity contribution in [1.82, 2.24) is 24.1 Å². The van der Waals surface area contributed by atoms with Gasteiger partial charge in [0.2, 0.25) is 11.9 Å². The average molecular weight is 346 g/mol. The van der Waals surface area contributed by atoms with E-state index in [9.17, 15) is 4.79 Å². The van der Waals surface area contributed by atoms with Crippen LogP contribution in [0.2, 0.25) is 0 Å². The monoisotopic (exact) mass is 346 g/mol. The predicted molar refractivity (Wildman–Crippen MR) is 99.1 cm³/mol. The van der Waals surface area contributed by atoms with E-state index in [2.05, 4.69) is 20.3 Å². The van der Waals surface area contributed by atoms with E-state index >= 15 is 0 Å². The minimum Gasteiger partial charge on any atom is -0.350 e.